The monoisotopic (exact) mass is 130 g/mol. The van der Waals surface area contributed by atoms with E-state index in [1.54, 1.807) is 16.4 Å². The minimum Gasteiger partial charge on any atom is -0.258 e. The summed E-state index contributed by atoms with van der Waals surface area (Å²) in [5, 5.41) is 0. The van der Waals surface area contributed by atoms with E-state index in [1.807, 2.05) is 6.92 Å². The van der Waals surface area contributed by atoms with Crippen LogP contribution in [0.4, 0.5) is 0 Å². The molecular weight excluding hydrogens is 120 g/mol. The lowest BCUT2D eigenvalue weighted by Gasteiger charge is -2.20. The van der Waals surface area contributed by atoms with Crippen LogP contribution in [0.2, 0.25) is 0 Å². The highest BCUT2D eigenvalue weighted by molar-refractivity contribution is 7.97. The third kappa shape index (κ3) is 1.17. The van der Waals surface area contributed by atoms with Gasteiger partial charge in [0.15, 0.2) is 0 Å². The Labute approximate surface area is 53.8 Å². The first kappa shape index (κ1) is 5.98. The van der Waals surface area contributed by atoms with Crippen molar-refractivity contribution in [2.24, 2.45) is 5.84 Å². The van der Waals surface area contributed by atoms with Crippen LogP contribution < -0.4 is 5.84 Å². The summed E-state index contributed by atoms with van der Waals surface area (Å²) in [5.41, 5.74) is 1.17. The van der Waals surface area contributed by atoms with Crippen molar-refractivity contribution < 1.29 is 0 Å². The molecule has 0 bridgehead atoms. The number of nitrogens with zero attached hydrogens (tertiary/aromatic N) is 1. The van der Waals surface area contributed by atoms with Gasteiger partial charge in [0, 0.05) is 11.4 Å². The standard InChI is InChI=1S/C5H10N2S/c1-5-3-2-4-8-7(5)6/h3H,2,4,6H2,1H3. The third-order valence-corrected chi connectivity index (χ3v) is 2.12. The van der Waals surface area contributed by atoms with Crippen LogP contribution >= 0.6 is 11.9 Å². The second-order valence-electron chi connectivity index (χ2n) is 1.79. The molecule has 0 amide bonds. The highest BCUT2D eigenvalue weighted by Crippen LogP contribution is 2.18. The molecule has 0 unspecified atom stereocenters. The zero-order chi connectivity index (χ0) is 5.98. The van der Waals surface area contributed by atoms with E-state index >= 15 is 0 Å². The summed E-state index contributed by atoms with van der Waals surface area (Å²) in [6.07, 6.45) is 3.31. The zero-order valence-corrected chi connectivity index (χ0v) is 5.74. The zero-order valence-electron chi connectivity index (χ0n) is 4.92. The van der Waals surface area contributed by atoms with Gasteiger partial charge in [-0.2, -0.15) is 0 Å². The number of rotatable bonds is 0. The Morgan fingerprint density at radius 2 is 2.62 bits per heavy atom. The van der Waals surface area contributed by atoms with Crippen LogP contribution in [0.15, 0.2) is 11.8 Å². The molecule has 0 aromatic heterocycles. The molecule has 0 aromatic carbocycles. The molecule has 0 atom stereocenters. The van der Waals surface area contributed by atoms with Crippen molar-refractivity contribution in [1.82, 2.24) is 4.41 Å². The molecule has 0 saturated heterocycles. The van der Waals surface area contributed by atoms with E-state index in [2.05, 4.69) is 6.08 Å². The lowest BCUT2D eigenvalue weighted by Crippen LogP contribution is -2.23. The fraction of sp³-hybridized carbons (Fsp3) is 0.600. The quantitative estimate of drug-likeness (QED) is 0.393. The maximum absolute atomic E-state index is 5.51. The van der Waals surface area contributed by atoms with Gasteiger partial charge in [-0.15, -0.1) is 0 Å². The topological polar surface area (TPSA) is 29.3 Å². The van der Waals surface area contributed by atoms with E-state index in [1.165, 1.54) is 5.70 Å². The van der Waals surface area contributed by atoms with Crippen LogP contribution in [0.25, 0.3) is 0 Å². The van der Waals surface area contributed by atoms with E-state index < -0.39 is 0 Å². The van der Waals surface area contributed by atoms with Crippen molar-refractivity contribution in [3.05, 3.63) is 11.8 Å². The second-order valence-corrected chi connectivity index (χ2v) is 2.85. The van der Waals surface area contributed by atoms with Gasteiger partial charge in [0.2, 0.25) is 0 Å². The first-order valence-electron chi connectivity index (χ1n) is 2.65. The maximum atomic E-state index is 5.51. The highest BCUT2D eigenvalue weighted by Gasteiger charge is 2.03. The fourth-order valence-electron chi connectivity index (χ4n) is 0.611. The molecule has 2 N–H and O–H groups in total. The predicted octanol–water partition coefficient (Wildman–Crippen LogP) is 1.12. The summed E-state index contributed by atoms with van der Waals surface area (Å²) in [4.78, 5) is 0. The molecule has 1 rings (SSSR count). The van der Waals surface area contributed by atoms with Crippen molar-refractivity contribution in [3.63, 3.8) is 0 Å². The Bertz CT molecular complexity index is 111. The van der Waals surface area contributed by atoms with Crippen LogP contribution in [-0.4, -0.2) is 10.2 Å². The Hall–Kier alpha value is -0.150. The molecule has 46 valence electrons. The van der Waals surface area contributed by atoms with Crippen molar-refractivity contribution in [2.75, 3.05) is 5.75 Å². The number of hydrazine groups is 1. The van der Waals surface area contributed by atoms with Crippen molar-refractivity contribution in [2.45, 2.75) is 13.3 Å². The number of hydrogen-bond acceptors (Lipinski definition) is 3. The molecule has 0 radical (unpaired) electrons. The Balaban J connectivity index is 2.53. The SMILES string of the molecule is CC1=CCCSN1N. The smallest absolute Gasteiger partial charge is 0.0348 e. The minimum absolute atomic E-state index is 1.12. The summed E-state index contributed by atoms with van der Waals surface area (Å²) >= 11 is 1.67. The maximum Gasteiger partial charge on any atom is 0.0348 e. The highest BCUT2D eigenvalue weighted by atomic mass is 32.2. The number of allylic oxidation sites excluding steroid dienone is 2. The van der Waals surface area contributed by atoms with Crippen LogP contribution in [0.1, 0.15) is 13.3 Å². The normalized spacial score (nSPS) is 20.8. The minimum atomic E-state index is 1.12. The molecule has 0 aromatic rings. The van der Waals surface area contributed by atoms with Crippen molar-refractivity contribution >= 4 is 11.9 Å². The van der Waals surface area contributed by atoms with E-state index in [4.69, 9.17) is 5.84 Å². The molecule has 1 aliphatic heterocycles. The summed E-state index contributed by atoms with van der Waals surface area (Å²) in [7, 11) is 0. The average Bonchev–Trinajstić information content (AvgIpc) is 1.77. The largest absolute Gasteiger partial charge is 0.258 e. The van der Waals surface area contributed by atoms with Crippen LogP contribution in [0, 0.1) is 0 Å². The van der Waals surface area contributed by atoms with E-state index in [9.17, 15) is 0 Å². The van der Waals surface area contributed by atoms with Gasteiger partial charge >= 0.3 is 0 Å². The molecule has 1 heterocycles. The molecule has 3 heteroatoms. The van der Waals surface area contributed by atoms with E-state index in [0.717, 1.165) is 12.2 Å². The van der Waals surface area contributed by atoms with Crippen molar-refractivity contribution in [1.29, 1.82) is 0 Å². The molecule has 1 aliphatic rings. The molecule has 0 saturated carbocycles. The molecule has 8 heavy (non-hydrogen) atoms. The summed E-state index contributed by atoms with van der Waals surface area (Å²) in [6.45, 7) is 2.02. The summed E-state index contributed by atoms with van der Waals surface area (Å²) < 4.78 is 1.71. The van der Waals surface area contributed by atoms with Gasteiger partial charge < -0.3 is 0 Å². The summed E-state index contributed by atoms with van der Waals surface area (Å²) in [6, 6.07) is 0. The van der Waals surface area contributed by atoms with E-state index in [-0.39, 0.29) is 0 Å². The number of nitrogens with two attached hydrogens (primary N) is 1. The van der Waals surface area contributed by atoms with Gasteiger partial charge in [-0.05, 0) is 25.3 Å². The van der Waals surface area contributed by atoms with Gasteiger partial charge in [-0.1, -0.05) is 6.08 Å². The lowest BCUT2D eigenvalue weighted by molar-refractivity contribution is 0.601. The molecular formula is C5H10N2S. The predicted molar refractivity (Wildman–Crippen MR) is 36.9 cm³/mol. The first-order chi connectivity index (χ1) is 3.80. The van der Waals surface area contributed by atoms with Gasteiger partial charge in [-0.3, -0.25) is 4.41 Å². The van der Waals surface area contributed by atoms with E-state index in [0.29, 0.717) is 0 Å². The van der Waals surface area contributed by atoms with Crippen LogP contribution in [0.5, 0.6) is 0 Å². The van der Waals surface area contributed by atoms with Gasteiger partial charge in [0.25, 0.3) is 0 Å². The second kappa shape index (κ2) is 2.42. The molecule has 2 nitrogen and oxygen atoms in total. The first-order valence-corrected chi connectivity index (χ1v) is 3.59. The third-order valence-electron chi connectivity index (χ3n) is 1.14. The molecule has 0 fully saturated rings. The number of hydrogen-bond donors (Lipinski definition) is 1. The Morgan fingerprint density at radius 3 is 3.00 bits per heavy atom. The summed E-state index contributed by atoms with van der Waals surface area (Å²) in [5.74, 6) is 6.63. The van der Waals surface area contributed by atoms with Crippen LogP contribution in [-0.2, 0) is 0 Å². The van der Waals surface area contributed by atoms with Gasteiger partial charge in [0.05, 0.1) is 0 Å². The Morgan fingerprint density at radius 1 is 1.88 bits per heavy atom. The Kier molecular flexibility index (Phi) is 1.81. The average molecular weight is 130 g/mol. The fourth-order valence-corrected chi connectivity index (χ4v) is 1.31. The van der Waals surface area contributed by atoms with Gasteiger partial charge in [-0.25, -0.2) is 5.84 Å². The lowest BCUT2D eigenvalue weighted by atomic mass is 10.4. The van der Waals surface area contributed by atoms with Crippen molar-refractivity contribution in [3.8, 4) is 0 Å². The van der Waals surface area contributed by atoms with Gasteiger partial charge in [0.1, 0.15) is 0 Å². The molecule has 0 aliphatic carbocycles. The molecule has 0 spiro atoms. The van der Waals surface area contributed by atoms with Crippen LogP contribution in [0.3, 0.4) is 0 Å².